The molecular formula is C15H20BrNO3. The summed E-state index contributed by atoms with van der Waals surface area (Å²) in [7, 11) is 0. The van der Waals surface area contributed by atoms with Crippen LogP contribution in [0.2, 0.25) is 0 Å². The highest BCUT2D eigenvalue weighted by molar-refractivity contribution is 9.10. The predicted molar refractivity (Wildman–Crippen MR) is 81.0 cm³/mol. The number of carboxylic acid groups (broad SMARTS) is 1. The number of hydrogen-bond donors (Lipinski definition) is 2. The molecule has 1 aliphatic rings. The average molecular weight is 342 g/mol. The first-order valence-electron chi connectivity index (χ1n) is 6.99. The van der Waals surface area contributed by atoms with Crippen molar-refractivity contribution in [2.45, 2.75) is 31.7 Å². The van der Waals surface area contributed by atoms with E-state index < -0.39 is 5.97 Å². The third kappa shape index (κ3) is 4.80. The van der Waals surface area contributed by atoms with Gasteiger partial charge in [0.2, 0.25) is 0 Å². The fourth-order valence-corrected chi connectivity index (χ4v) is 2.83. The first-order chi connectivity index (χ1) is 9.65. The van der Waals surface area contributed by atoms with Gasteiger partial charge in [-0.3, -0.25) is 4.79 Å². The van der Waals surface area contributed by atoms with Gasteiger partial charge in [-0.2, -0.15) is 0 Å². The second-order valence-corrected chi connectivity index (χ2v) is 6.07. The Morgan fingerprint density at radius 3 is 2.80 bits per heavy atom. The Morgan fingerprint density at radius 1 is 1.35 bits per heavy atom. The lowest BCUT2D eigenvalue weighted by molar-refractivity contribution is -0.143. The Kier molecular flexibility index (Phi) is 5.86. The molecule has 0 aromatic heterocycles. The Morgan fingerprint density at radius 2 is 2.10 bits per heavy atom. The molecule has 0 radical (unpaired) electrons. The first kappa shape index (κ1) is 15.3. The maximum atomic E-state index is 11.0. The highest BCUT2D eigenvalue weighted by atomic mass is 79.9. The fraction of sp³-hybridized carbons (Fsp3) is 0.533. The van der Waals surface area contributed by atoms with Crippen LogP contribution in [0.5, 0.6) is 5.75 Å². The van der Waals surface area contributed by atoms with Gasteiger partial charge in [-0.05, 0) is 43.5 Å². The normalized spacial score (nSPS) is 22.4. The number of rotatable bonds is 6. The molecule has 2 N–H and O–H groups in total. The smallest absolute Gasteiger partial charge is 0.306 e. The molecule has 1 saturated carbocycles. The first-order valence-corrected chi connectivity index (χ1v) is 7.79. The lowest BCUT2D eigenvalue weighted by Crippen LogP contribution is -2.38. The lowest BCUT2D eigenvalue weighted by Gasteiger charge is -2.27. The van der Waals surface area contributed by atoms with E-state index in [0.29, 0.717) is 12.6 Å². The Balaban J connectivity index is 1.65. The molecule has 0 heterocycles. The van der Waals surface area contributed by atoms with Crippen LogP contribution in [-0.2, 0) is 4.79 Å². The van der Waals surface area contributed by atoms with Crippen LogP contribution >= 0.6 is 15.9 Å². The number of carbonyl (C=O) groups is 1. The molecule has 110 valence electrons. The van der Waals surface area contributed by atoms with Gasteiger partial charge in [0, 0.05) is 17.1 Å². The molecule has 5 heteroatoms. The van der Waals surface area contributed by atoms with Gasteiger partial charge in [0.1, 0.15) is 12.4 Å². The van der Waals surface area contributed by atoms with Crippen LogP contribution < -0.4 is 10.1 Å². The molecule has 4 nitrogen and oxygen atoms in total. The Labute approximate surface area is 127 Å². The number of carboxylic acids is 1. The van der Waals surface area contributed by atoms with Crippen LogP contribution in [0.4, 0.5) is 0 Å². The van der Waals surface area contributed by atoms with E-state index in [1.807, 2.05) is 24.3 Å². The molecule has 20 heavy (non-hydrogen) atoms. The zero-order valence-corrected chi connectivity index (χ0v) is 12.9. The predicted octanol–water partition coefficient (Wildman–Crippen LogP) is 3.06. The maximum absolute atomic E-state index is 11.0. The summed E-state index contributed by atoms with van der Waals surface area (Å²) in [4.78, 5) is 11.0. The Bertz CT molecular complexity index is 435. The number of nitrogens with one attached hydrogen (secondary N) is 1. The van der Waals surface area contributed by atoms with Gasteiger partial charge >= 0.3 is 5.97 Å². The minimum Gasteiger partial charge on any atom is -0.492 e. The van der Waals surface area contributed by atoms with Crippen LogP contribution in [0.1, 0.15) is 25.7 Å². The molecular weight excluding hydrogens is 322 g/mol. The van der Waals surface area contributed by atoms with Crippen molar-refractivity contribution < 1.29 is 14.6 Å². The molecule has 0 amide bonds. The molecule has 1 aromatic carbocycles. The largest absolute Gasteiger partial charge is 0.492 e. The molecule has 2 rings (SSSR count). The molecule has 2 unspecified atom stereocenters. The molecule has 0 spiro atoms. The molecule has 1 aromatic rings. The van der Waals surface area contributed by atoms with Crippen molar-refractivity contribution in [2.75, 3.05) is 13.2 Å². The molecule has 1 fully saturated rings. The number of ether oxygens (including phenoxy) is 1. The highest BCUT2D eigenvalue weighted by Gasteiger charge is 2.26. The maximum Gasteiger partial charge on any atom is 0.306 e. The number of hydrogen-bond acceptors (Lipinski definition) is 3. The third-order valence-electron chi connectivity index (χ3n) is 3.64. The van der Waals surface area contributed by atoms with Crippen LogP contribution in [0.3, 0.4) is 0 Å². The van der Waals surface area contributed by atoms with Gasteiger partial charge in [-0.25, -0.2) is 0 Å². The minimum absolute atomic E-state index is 0.186. The summed E-state index contributed by atoms with van der Waals surface area (Å²) in [5.41, 5.74) is 0. The second kappa shape index (κ2) is 7.64. The zero-order chi connectivity index (χ0) is 14.4. The van der Waals surface area contributed by atoms with E-state index >= 15 is 0 Å². The summed E-state index contributed by atoms with van der Waals surface area (Å²) < 4.78 is 6.66. The van der Waals surface area contributed by atoms with Crippen molar-refractivity contribution in [3.05, 3.63) is 28.7 Å². The van der Waals surface area contributed by atoms with Gasteiger partial charge in [-0.15, -0.1) is 0 Å². The average Bonchev–Trinajstić information content (AvgIpc) is 2.46. The standard InChI is InChI=1S/C15H20BrNO3/c16-12-4-6-14(7-5-12)20-9-8-17-13-3-1-2-11(10-13)15(18)19/h4-7,11,13,17H,1-3,8-10H2,(H,18,19). The molecule has 1 aliphatic carbocycles. The summed E-state index contributed by atoms with van der Waals surface area (Å²) in [5.74, 6) is -0.00156. The third-order valence-corrected chi connectivity index (χ3v) is 4.17. The van der Waals surface area contributed by atoms with Gasteiger partial charge in [-0.1, -0.05) is 22.4 Å². The second-order valence-electron chi connectivity index (χ2n) is 5.16. The van der Waals surface area contributed by atoms with Gasteiger partial charge in [0.15, 0.2) is 0 Å². The monoisotopic (exact) mass is 341 g/mol. The van der Waals surface area contributed by atoms with E-state index in [0.717, 1.165) is 42.5 Å². The van der Waals surface area contributed by atoms with E-state index in [1.54, 1.807) is 0 Å². The van der Waals surface area contributed by atoms with Crippen molar-refractivity contribution in [3.8, 4) is 5.75 Å². The van der Waals surface area contributed by atoms with Crippen LogP contribution in [0.15, 0.2) is 28.7 Å². The van der Waals surface area contributed by atoms with Crippen molar-refractivity contribution in [1.29, 1.82) is 0 Å². The fourth-order valence-electron chi connectivity index (χ4n) is 2.56. The SMILES string of the molecule is O=C(O)C1CCCC(NCCOc2ccc(Br)cc2)C1. The summed E-state index contributed by atoms with van der Waals surface area (Å²) in [6, 6.07) is 8.04. The summed E-state index contributed by atoms with van der Waals surface area (Å²) >= 11 is 3.38. The van der Waals surface area contributed by atoms with E-state index in [9.17, 15) is 4.79 Å². The van der Waals surface area contributed by atoms with Gasteiger partial charge < -0.3 is 15.2 Å². The van der Waals surface area contributed by atoms with E-state index in [-0.39, 0.29) is 5.92 Å². The molecule has 2 atom stereocenters. The highest BCUT2D eigenvalue weighted by Crippen LogP contribution is 2.24. The van der Waals surface area contributed by atoms with Crippen LogP contribution in [0.25, 0.3) is 0 Å². The van der Waals surface area contributed by atoms with E-state index in [1.165, 1.54) is 0 Å². The topological polar surface area (TPSA) is 58.6 Å². The van der Waals surface area contributed by atoms with Crippen molar-refractivity contribution in [2.24, 2.45) is 5.92 Å². The molecule has 0 saturated heterocycles. The summed E-state index contributed by atoms with van der Waals surface area (Å²) in [6.07, 6.45) is 3.58. The zero-order valence-electron chi connectivity index (χ0n) is 11.3. The van der Waals surface area contributed by atoms with E-state index in [4.69, 9.17) is 9.84 Å². The van der Waals surface area contributed by atoms with E-state index in [2.05, 4.69) is 21.2 Å². The van der Waals surface area contributed by atoms with Gasteiger partial charge in [0.05, 0.1) is 5.92 Å². The van der Waals surface area contributed by atoms with Crippen LogP contribution in [-0.4, -0.2) is 30.3 Å². The lowest BCUT2D eigenvalue weighted by atomic mass is 9.86. The summed E-state index contributed by atoms with van der Waals surface area (Å²) in [6.45, 7) is 1.34. The number of aliphatic carboxylic acids is 1. The summed E-state index contributed by atoms with van der Waals surface area (Å²) in [5, 5.41) is 12.4. The van der Waals surface area contributed by atoms with Crippen molar-refractivity contribution in [3.63, 3.8) is 0 Å². The molecule has 0 bridgehead atoms. The van der Waals surface area contributed by atoms with Crippen LogP contribution in [0, 0.1) is 5.92 Å². The van der Waals surface area contributed by atoms with Gasteiger partial charge in [0.25, 0.3) is 0 Å². The van der Waals surface area contributed by atoms with Crippen molar-refractivity contribution >= 4 is 21.9 Å². The van der Waals surface area contributed by atoms with Crippen molar-refractivity contribution in [1.82, 2.24) is 5.32 Å². The quantitative estimate of drug-likeness (QED) is 0.780. The number of halogens is 1. The Hall–Kier alpha value is -1.07. The molecule has 0 aliphatic heterocycles. The number of benzene rings is 1. The minimum atomic E-state index is -0.664.